The fourth-order valence-corrected chi connectivity index (χ4v) is 4.23. The van der Waals surface area contributed by atoms with E-state index in [4.69, 9.17) is 4.74 Å². The van der Waals surface area contributed by atoms with E-state index in [2.05, 4.69) is 0 Å². The Labute approximate surface area is 162 Å². The van der Waals surface area contributed by atoms with Gasteiger partial charge in [-0.1, -0.05) is 37.8 Å². The number of hydrogen-bond acceptors (Lipinski definition) is 3. The summed E-state index contributed by atoms with van der Waals surface area (Å²) in [7, 11) is 1.65. The van der Waals surface area contributed by atoms with Crippen LogP contribution in [-0.4, -0.2) is 54.9 Å². The molecule has 0 aromatic heterocycles. The zero-order valence-electron chi connectivity index (χ0n) is 16.5. The van der Waals surface area contributed by atoms with Crippen LogP contribution in [0.4, 0.5) is 0 Å². The molecular formula is C22H32N2O3. The molecule has 2 aliphatic rings. The summed E-state index contributed by atoms with van der Waals surface area (Å²) >= 11 is 0. The van der Waals surface area contributed by atoms with Crippen molar-refractivity contribution in [2.24, 2.45) is 5.92 Å². The highest BCUT2D eigenvalue weighted by atomic mass is 16.5. The van der Waals surface area contributed by atoms with Crippen LogP contribution in [0.2, 0.25) is 0 Å². The molecule has 0 unspecified atom stereocenters. The number of ether oxygens (including phenoxy) is 1. The highest BCUT2D eigenvalue weighted by Crippen LogP contribution is 2.28. The Bertz CT molecular complexity index is 632. The summed E-state index contributed by atoms with van der Waals surface area (Å²) in [6.45, 7) is 2.67. The van der Waals surface area contributed by atoms with E-state index in [1.807, 2.05) is 34.1 Å². The number of piperazine rings is 1. The monoisotopic (exact) mass is 372 g/mol. The van der Waals surface area contributed by atoms with Gasteiger partial charge in [0.05, 0.1) is 7.11 Å². The van der Waals surface area contributed by atoms with E-state index in [9.17, 15) is 9.59 Å². The van der Waals surface area contributed by atoms with E-state index in [1.54, 1.807) is 7.11 Å². The molecule has 0 radical (unpaired) electrons. The van der Waals surface area contributed by atoms with E-state index in [1.165, 1.54) is 25.7 Å². The minimum atomic E-state index is 0.177. The number of benzene rings is 1. The summed E-state index contributed by atoms with van der Waals surface area (Å²) in [6, 6.07) is 7.87. The molecule has 1 heterocycles. The third-order valence-corrected chi connectivity index (χ3v) is 5.99. The minimum Gasteiger partial charge on any atom is -0.497 e. The highest BCUT2D eigenvalue weighted by molar-refractivity contribution is 5.78. The Morgan fingerprint density at radius 3 is 2.26 bits per heavy atom. The maximum Gasteiger partial charge on any atom is 0.223 e. The summed E-state index contributed by atoms with van der Waals surface area (Å²) in [5.41, 5.74) is 1.11. The molecule has 0 N–H and O–H groups in total. The summed E-state index contributed by atoms with van der Waals surface area (Å²) < 4.78 is 5.23. The van der Waals surface area contributed by atoms with Crippen molar-refractivity contribution in [1.29, 1.82) is 0 Å². The second kappa shape index (κ2) is 9.77. The fourth-order valence-electron chi connectivity index (χ4n) is 4.23. The Kier molecular flexibility index (Phi) is 7.13. The molecule has 0 bridgehead atoms. The van der Waals surface area contributed by atoms with Gasteiger partial charge in [0.25, 0.3) is 0 Å². The average molecular weight is 373 g/mol. The van der Waals surface area contributed by atoms with Crippen LogP contribution in [0.3, 0.4) is 0 Å². The Morgan fingerprint density at radius 2 is 1.63 bits per heavy atom. The lowest BCUT2D eigenvalue weighted by atomic mass is 10.0. The molecule has 0 atom stereocenters. The quantitative estimate of drug-likeness (QED) is 0.738. The van der Waals surface area contributed by atoms with Gasteiger partial charge in [0.1, 0.15) is 5.75 Å². The molecular weight excluding hydrogens is 340 g/mol. The second-order valence-corrected chi connectivity index (χ2v) is 7.80. The van der Waals surface area contributed by atoms with Crippen molar-refractivity contribution in [3.63, 3.8) is 0 Å². The SMILES string of the molecule is COc1cccc(CCC(=O)N2CCN(C(=O)CCC3CCCC3)CC2)c1. The summed E-state index contributed by atoms with van der Waals surface area (Å²) in [6.07, 6.45) is 8.18. The lowest BCUT2D eigenvalue weighted by Crippen LogP contribution is -2.50. The minimum absolute atomic E-state index is 0.177. The van der Waals surface area contributed by atoms with Crippen molar-refractivity contribution in [3.8, 4) is 5.75 Å². The molecule has 1 saturated heterocycles. The van der Waals surface area contributed by atoms with Crippen molar-refractivity contribution >= 4 is 11.8 Å². The maximum atomic E-state index is 12.5. The smallest absolute Gasteiger partial charge is 0.223 e. The van der Waals surface area contributed by atoms with Crippen molar-refractivity contribution in [2.45, 2.75) is 51.4 Å². The van der Waals surface area contributed by atoms with Crippen LogP contribution in [0.15, 0.2) is 24.3 Å². The van der Waals surface area contributed by atoms with Gasteiger partial charge in [-0.2, -0.15) is 0 Å². The molecule has 0 spiro atoms. The van der Waals surface area contributed by atoms with Crippen LogP contribution in [-0.2, 0) is 16.0 Å². The van der Waals surface area contributed by atoms with Gasteiger partial charge in [-0.3, -0.25) is 9.59 Å². The average Bonchev–Trinajstić information content (AvgIpc) is 3.24. The zero-order valence-corrected chi connectivity index (χ0v) is 16.5. The molecule has 148 valence electrons. The Balaban J connectivity index is 1.37. The van der Waals surface area contributed by atoms with Crippen LogP contribution in [0.5, 0.6) is 5.75 Å². The predicted octanol–water partition coefficient (Wildman–Crippen LogP) is 3.27. The third-order valence-electron chi connectivity index (χ3n) is 5.99. The van der Waals surface area contributed by atoms with Crippen molar-refractivity contribution in [3.05, 3.63) is 29.8 Å². The number of amides is 2. The number of methoxy groups -OCH3 is 1. The molecule has 5 nitrogen and oxygen atoms in total. The van der Waals surface area contributed by atoms with Crippen LogP contribution < -0.4 is 4.74 Å². The lowest BCUT2D eigenvalue weighted by Gasteiger charge is -2.35. The molecule has 27 heavy (non-hydrogen) atoms. The Morgan fingerprint density at radius 1 is 1.00 bits per heavy atom. The van der Waals surface area contributed by atoms with Crippen molar-refractivity contribution in [1.82, 2.24) is 9.80 Å². The van der Waals surface area contributed by atoms with Crippen LogP contribution in [0.25, 0.3) is 0 Å². The maximum absolute atomic E-state index is 12.5. The first-order valence-corrected chi connectivity index (χ1v) is 10.3. The van der Waals surface area contributed by atoms with Crippen molar-refractivity contribution in [2.75, 3.05) is 33.3 Å². The summed E-state index contributed by atoms with van der Waals surface area (Å²) in [5.74, 6) is 2.03. The first-order chi connectivity index (χ1) is 13.2. The van der Waals surface area contributed by atoms with Gasteiger partial charge in [-0.05, 0) is 36.5 Å². The number of carbonyl (C=O) groups is 2. The molecule has 1 aromatic carbocycles. The van der Waals surface area contributed by atoms with Gasteiger partial charge < -0.3 is 14.5 Å². The summed E-state index contributed by atoms with van der Waals surface area (Å²) in [5, 5.41) is 0. The van der Waals surface area contributed by atoms with Crippen LogP contribution in [0.1, 0.15) is 50.5 Å². The topological polar surface area (TPSA) is 49.9 Å². The van der Waals surface area contributed by atoms with E-state index in [-0.39, 0.29) is 11.8 Å². The summed E-state index contributed by atoms with van der Waals surface area (Å²) in [4.78, 5) is 28.8. The van der Waals surface area contributed by atoms with E-state index < -0.39 is 0 Å². The van der Waals surface area contributed by atoms with Gasteiger partial charge in [-0.15, -0.1) is 0 Å². The number of hydrogen-bond donors (Lipinski definition) is 0. The lowest BCUT2D eigenvalue weighted by molar-refractivity contribution is -0.139. The number of carbonyl (C=O) groups excluding carboxylic acids is 2. The number of aryl methyl sites for hydroxylation is 1. The molecule has 5 heteroatoms. The Hall–Kier alpha value is -2.04. The van der Waals surface area contributed by atoms with Crippen LogP contribution >= 0.6 is 0 Å². The van der Waals surface area contributed by atoms with Gasteiger partial charge in [0, 0.05) is 39.0 Å². The zero-order chi connectivity index (χ0) is 19.1. The second-order valence-electron chi connectivity index (χ2n) is 7.80. The number of nitrogens with zero attached hydrogens (tertiary/aromatic N) is 2. The third kappa shape index (κ3) is 5.72. The fraction of sp³-hybridized carbons (Fsp3) is 0.636. The highest BCUT2D eigenvalue weighted by Gasteiger charge is 2.24. The van der Waals surface area contributed by atoms with Gasteiger partial charge in [-0.25, -0.2) is 0 Å². The first kappa shape index (κ1) is 19.7. The van der Waals surface area contributed by atoms with Gasteiger partial charge in [0.15, 0.2) is 0 Å². The van der Waals surface area contributed by atoms with E-state index in [0.717, 1.165) is 30.1 Å². The normalized spacial score (nSPS) is 18.0. The molecule has 1 aromatic rings. The molecule has 1 aliphatic heterocycles. The molecule has 1 saturated carbocycles. The standard InChI is InChI=1S/C22H32N2O3/c1-27-20-8-4-7-19(17-20)10-12-22(26)24-15-13-23(14-16-24)21(25)11-9-18-5-2-3-6-18/h4,7-8,17-18H,2-3,5-6,9-16H2,1H3. The predicted molar refractivity (Wildman–Crippen MR) is 106 cm³/mol. The molecule has 1 aliphatic carbocycles. The van der Waals surface area contributed by atoms with E-state index in [0.29, 0.717) is 39.0 Å². The van der Waals surface area contributed by atoms with Crippen LogP contribution in [0, 0.1) is 5.92 Å². The molecule has 2 fully saturated rings. The largest absolute Gasteiger partial charge is 0.497 e. The van der Waals surface area contributed by atoms with E-state index >= 15 is 0 Å². The number of rotatable bonds is 7. The van der Waals surface area contributed by atoms with Gasteiger partial charge >= 0.3 is 0 Å². The first-order valence-electron chi connectivity index (χ1n) is 10.3. The van der Waals surface area contributed by atoms with Gasteiger partial charge in [0.2, 0.25) is 11.8 Å². The molecule has 3 rings (SSSR count). The van der Waals surface area contributed by atoms with Crippen molar-refractivity contribution < 1.29 is 14.3 Å². The molecule has 2 amide bonds.